The van der Waals surface area contributed by atoms with Gasteiger partial charge in [-0.15, -0.1) is 0 Å². The van der Waals surface area contributed by atoms with Crippen LogP contribution in [0.2, 0.25) is 0 Å². The van der Waals surface area contributed by atoms with Crippen LogP contribution >= 0.6 is 0 Å². The van der Waals surface area contributed by atoms with Crippen LogP contribution in [0.15, 0.2) is 24.3 Å². The highest BCUT2D eigenvalue weighted by atomic mass is 16.1. The van der Waals surface area contributed by atoms with E-state index in [1.54, 1.807) is 12.1 Å². The molecule has 0 spiro atoms. The number of rotatable bonds is 3. The van der Waals surface area contributed by atoms with Gasteiger partial charge in [0.15, 0.2) is 0 Å². The van der Waals surface area contributed by atoms with Gasteiger partial charge in [0, 0.05) is 38.4 Å². The molecular formula is C16H22N4O. The van der Waals surface area contributed by atoms with Crippen LogP contribution in [0.3, 0.4) is 0 Å². The van der Waals surface area contributed by atoms with Gasteiger partial charge in [-0.1, -0.05) is 0 Å². The van der Waals surface area contributed by atoms with Gasteiger partial charge in [0.1, 0.15) is 5.54 Å². The number of hydrogen-bond acceptors (Lipinski definition) is 4. The van der Waals surface area contributed by atoms with Crippen molar-refractivity contribution < 1.29 is 4.79 Å². The smallest absolute Gasteiger partial charge is 0.252 e. The van der Waals surface area contributed by atoms with Crippen LogP contribution in [0, 0.1) is 11.3 Å². The van der Waals surface area contributed by atoms with Crippen LogP contribution in [-0.2, 0) is 0 Å². The Morgan fingerprint density at radius 2 is 1.86 bits per heavy atom. The molecular weight excluding hydrogens is 264 g/mol. The van der Waals surface area contributed by atoms with E-state index in [1.165, 1.54) is 0 Å². The quantitative estimate of drug-likeness (QED) is 0.914. The number of nitrogens with zero attached hydrogens (tertiary/aromatic N) is 3. The fourth-order valence-electron chi connectivity index (χ4n) is 2.47. The molecule has 5 heteroatoms. The number of carbonyl (C=O) groups excluding carboxylic acids is 1. The summed E-state index contributed by atoms with van der Waals surface area (Å²) in [4.78, 5) is 16.5. The summed E-state index contributed by atoms with van der Waals surface area (Å²) in [5.74, 6) is -0.175. The summed E-state index contributed by atoms with van der Waals surface area (Å²) in [5, 5.41) is 12.4. The highest BCUT2D eigenvalue weighted by Gasteiger charge is 2.35. The number of nitrogens with one attached hydrogen (secondary N) is 1. The molecule has 1 aliphatic rings. The number of amides is 1. The Hall–Kier alpha value is -2.06. The van der Waals surface area contributed by atoms with E-state index in [0.29, 0.717) is 18.4 Å². The second-order valence-corrected chi connectivity index (χ2v) is 5.89. The Morgan fingerprint density at radius 1 is 1.29 bits per heavy atom. The Bertz CT molecular complexity index is 536. The third-order valence-corrected chi connectivity index (χ3v) is 4.05. The summed E-state index contributed by atoms with van der Waals surface area (Å²) in [5.41, 5.74) is 0.902. The maximum atomic E-state index is 12.4. The minimum atomic E-state index is -0.732. The lowest BCUT2D eigenvalue weighted by molar-refractivity contribution is 0.0882. The minimum Gasteiger partial charge on any atom is -0.378 e. The Labute approximate surface area is 126 Å². The highest BCUT2D eigenvalue weighted by Crippen LogP contribution is 2.22. The lowest BCUT2D eigenvalue weighted by Crippen LogP contribution is -2.53. The van der Waals surface area contributed by atoms with Gasteiger partial charge in [-0.05, 0) is 44.2 Å². The SMILES string of the molecule is CN1CCC(C#N)(NC(=O)c2ccc(N(C)C)cc2)CC1. The number of carbonyl (C=O) groups is 1. The second-order valence-electron chi connectivity index (χ2n) is 5.89. The molecule has 21 heavy (non-hydrogen) atoms. The van der Waals surface area contributed by atoms with Crippen LogP contribution in [0.4, 0.5) is 5.69 Å². The molecule has 1 fully saturated rings. The largest absolute Gasteiger partial charge is 0.378 e. The predicted molar refractivity (Wildman–Crippen MR) is 83.3 cm³/mol. The molecule has 0 bridgehead atoms. The molecule has 5 nitrogen and oxygen atoms in total. The molecule has 1 aromatic rings. The molecule has 112 valence electrons. The van der Waals surface area contributed by atoms with Crippen molar-refractivity contribution in [2.75, 3.05) is 39.1 Å². The number of hydrogen-bond donors (Lipinski definition) is 1. The van der Waals surface area contributed by atoms with Gasteiger partial charge >= 0.3 is 0 Å². The molecule has 1 saturated heterocycles. The molecule has 0 radical (unpaired) electrons. The van der Waals surface area contributed by atoms with E-state index in [-0.39, 0.29) is 5.91 Å². The maximum Gasteiger partial charge on any atom is 0.252 e. The molecule has 0 atom stereocenters. The van der Waals surface area contributed by atoms with E-state index in [2.05, 4.69) is 16.3 Å². The summed E-state index contributed by atoms with van der Waals surface area (Å²) in [6.07, 6.45) is 1.34. The molecule has 1 N–H and O–H groups in total. The average molecular weight is 286 g/mol. The van der Waals surface area contributed by atoms with Gasteiger partial charge in [0.25, 0.3) is 5.91 Å². The van der Waals surface area contributed by atoms with Crippen LogP contribution in [0.25, 0.3) is 0 Å². The van der Waals surface area contributed by atoms with E-state index in [0.717, 1.165) is 18.8 Å². The van der Waals surface area contributed by atoms with Crippen molar-refractivity contribution in [3.63, 3.8) is 0 Å². The van der Waals surface area contributed by atoms with Gasteiger partial charge in [0.05, 0.1) is 6.07 Å². The van der Waals surface area contributed by atoms with Gasteiger partial charge in [-0.3, -0.25) is 4.79 Å². The van der Waals surface area contributed by atoms with E-state index in [4.69, 9.17) is 0 Å². The minimum absolute atomic E-state index is 0.175. The third-order valence-electron chi connectivity index (χ3n) is 4.05. The topological polar surface area (TPSA) is 59.4 Å². The Balaban J connectivity index is 2.08. The van der Waals surface area contributed by atoms with Gasteiger partial charge in [0.2, 0.25) is 0 Å². The third kappa shape index (κ3) is 3.53. The zero-order valence-electron chi connectivity index (χ0n) is 12.9. The van der Waals surface area contributed by atoms with Gasteiger partial charge in [-0.2, -0.15) is 5.26 Å². The number of anilines is 1. The van der Waals surface area contributed by atoms with Crippen LogP contribution < -0.4 is 10.2 Å². The van der Waals surface area contributed by atoms with Crippen molar-refractivity contribution in [2.24, 2.45) is 0 Å². The van der Waals surface area contributed by atoms with Crippen LogP contribution in [-0.4, -0.2) is 50.6 Å². The molecule has 1 aromatic carbocycles. The van der Waals surface area contributed by atoms with Crippen molar-refractivity contribution >= 4 is 11.6 Å². The second kappa shape index (κ2) is 6.15. The number of nitriles is 1. The van der Waals surface area contributed by atoms with Crippen molar-refractivity contribution in [3.05, 3.63) is 29.8 Å². The van der Waals surface area contributed by atoms with Crippen LogP contribution in [0.1, 0.15) is 23.2 Å². The van der Waals surface area contributed by atoms with E-state index in [1.807, 2.05) is 38.2 Å². The first-order valence-electron chi connectivity index (χ1n) is 7.15. The molecule has 2 rings (SSSR count). The first-order chi connectivity index (χ1) is 9.96. The summed E-state index contributed by atoms with van der Waals surface area (Å²) >= 11 is 0. The van der Waals surface area contributed by atoms with Crippen molar-refractivity contribution in [3.8, 4) is 6.07 Å². The van der Waals surface area contributed by atoms with Crippen molar-refractivity contribution in [1.82, 2.24) is 10.2 Å². The fourth-order valence-corrected chi connectivity index (χ4v) is 2.47. The first-order valence-corrected chi connectivity index (χ1v) is 7.15. The van der Waals surface area contributed by atoms with E-state index in [9.17, 15) is 10.1 Å². The molecule has 1 heterocycles. The summed E-state index contributed by atoms with van der Waals surface area (Å²) in [7, 11) is 5.94. The monoisotopic (exact) mass is 286 g/mol. The van der Waals surface area contributed by atoms with Gasteiger partial charge in [-0.25, -0.2) is 0 Å². The van der Waals surface area contributed by atoms with Gasteiger partial charge < -0.3 is 15.1 Å². The zero-order valence-corrected chi connectivity index (χ0v) is 12.9. The predicted octanol–water partition coefficient (Wildman–Crippen LogP) is 1.47. The number of piperidine rings is 1. The van der Waals surface area contributed by atoms with Crippen LogP contribution in [0.5, 0.6) is 0 Å². The standard InChI is InChI=1S/C16H22N4O/c1-19(2)14-6-4-13(5-7-14)15(21)18-16(12-17)8-10-20(3)11-9-16/h4-7H,8-11H2,1-3H3,(H,18,21). The summed E-state index contributed by atoms with van der Waals surface area (Å²) in [6.45, 7) is 1.65. The lowest BCUT2D eigenvalue weighted by Gasteiger charge is -2.36. The maximum absolute atomic E-state index is 12.4. The fraction of sp³-hybridized carbons (Fsp3) is 0.500. The van der Waals surface area contributed by atoms with E-state index >= 15 is 0 Å². The zero-order chi connectivity index (χ0) is 15.5. The molecule has 1 aliphatic heterocycles. The summed E-state index contributed by atoms with van der Waals surface area (Å²) in [6, 6.07) is 9.70. The lowest BCUT2D eigenvalue weighted by atomic mass is 9.89. The summed E-state index contributed by atoms with van der Waals surface area (Å²) < 4.78 is 0. The van der Waals surface area contributed by atoms with Crippen molar-refractivity contribution in [2.45, 2.75) is 18.4 Å². The molecule has 0 saturated carbocycles. The van der Waals surface area contributed by atoms with Crippen molar-refractivity contribution in [1.29, 1.82) is 5.26 Å². The Kier molecular flexibility index (Phi) is 4.49. The molecule has 0 aliphatic carbocycles. The molecule has 0 aromatic heterocycles. The average Bonchev–Trinajstić information content (AvgIpc) is 2.50. The number of likely N-dealkylation sites (tertiary alicyclic amines) is 1. The first kappa shape index (κ1) is 15.3. The Morgan fingerprint density at radius 3 is 2.33 bits per heavy atom. The van der Waals surface area contributed by atoms with E-state index < -0.39 is 5.54 Å². The number of benzene rings is 1. The molecule has 0 unspecified atom stereocenters. The molecule has 1 amide bonds. The highest BCUT2D eigenvalue weighted by molar-refractivity contribution is 5.95. The normalized spacial score (nSPS) is 17.8.